The second-order valence-corrected chi connectivity index (χ2v) is 4.08. The molecule has 2 aromatic rings. The number of methoxy groups -OCH3 is 1. The van der Waals surface area contributed by atoms with Gasteiger partial charge in [-0.3, -0.25) is 4.79 Å². The Kier molecular flexibility index (Phi) is 2.18. The van der Waals surface area contributed by atoms with E-state index in [1.807, 2.05) is 0 Å². The lowest BCUT2D eigenvalue weighted by molar-refractivity contribution is 0.101. The first-order valence-electron chi connectivity index (χ1n) is 5.33. The summed E-state index contributed by atoms with van der Waals surface area (Å²) in [4.78, 5) is 12.2. The first-order valence-corrected chi connectivity index (χ1v) is 5.33. The van der Waals surface area contributed by atoms with Gasteiger partial charge in [0.2, 0.25) is 5.78 Å². The number of aliphatic hydroxyl groups is 1. The van der Waals surface area contributed by atoms with Gasteiger partial charge >= 0.3 is 0 Å². The number of carbonyl (C=O) groups is 1. The van der Waals surface area contributed by atoms with Crippen LogP contribution in [-0.2, 0) is 0 Å². The minimum absolute atomic E-state index is 0.0946. The topological polar surface area (TPSA) is 79.9 Å². The predicted molar refractivity (Wildman–Crippen MR) is 60.9 cm³/mol. The van der Waals surface area contributed by atoms with Gasteiger partial charge in [0.25, 0.3) is 0 Å². The van der Waals surface area contributed by atoms with Gasteiger partial charge in [0, 0.05) is 17.2 Å². The molecule has 0 bridgehead atoms. The lowest BCUT2D eigenvalue weighted by atomic mass is 9.85. The van der Waals surface area contributed by atoms with Gasteiger partial charge in [0.1, 0.15) is 23.9 Å². The number of carbonyl (C=O) groups excluding carboxylic acids is 1. The molecule has 18 heavy (non-hydrogen) atoms. The van der Waals surface area contributed by atoms with Gasteiger partial charge in [-0.25, -0.2) is 0 Å². The third kappa shape index (κ3) is 1.28. The number of phenols is 1. The molecule has 0 spiro atoms. The fraction of sp³-hybridized carbons (Fsp3) is 0.154. The number of furan rings is 1. The van der Waals surface area contributed by atoms with Gasteiger partial charge in [-0.05, 0) is 6.07 Å². The molecular weight excluding hydrogens is 236 g/mol. The van der Waals surface area contributed by atoms with E-state index in [4.69, 9.17) is 9.15 Å². The molecule has 0 fully saturated rings. The number of aromatic hydroxyl groups is 1. The second kappa shape index (κ2) is 3.61. The van der Waals surface area contributed by atoms with E-state index < -0.39 is 6.10 Å². The molecule has 1 aliphatic rings. The van der Waals surface area contributed by atoms with Crippen LogP contribution in [0.3, 0.4) is 0 Å². The zero-order chi connectivity index (χ0) is 12.9. The fourth-order valence-electron chi connectivity index (χ4n) is 2.21. The van der Waals surface area contributed by atoms with E-state index in [9.17, 15) is 15.0 Å². The molecule has 2 N–H and O–H groups in total. The van der Waals surface area contributed by atoms with Crippen LogP contribution in [0.4, 0.5) is 0 Å². The van der Waals surface area contributed by atoms with E-state index >= 15 is 0 Å². The number of phenolic OH excluding ortho intramolecular Hbond substituents is 1. The molecule has 0 saturated carbocycles. The molecule has 3 rings (SSSR count). The summed E-state index contributed by atoms with van der Waals surface area (Å²) < 4.78 is 9.95. The monoisotopic (exact) mass is 246 g/mol. The summed E-state index contributed by atoms with van der Waals surface area (Å²) in [5.41, 5.74) is 1.10. The van der Waals surface area contributed by atoms with E-state index in [-0.39, 0.29) is 22.7 Å². The molecule has 92 valence electrons. The Morgan fingerprint density at radius 1 is 1.28 bits per heavy atom. The van der Waals surface area contributed by atoms with Crippen molar-refractivity contribution in [2.24, 2.45) is 0 Å². The molecule has 1 aromatic heterocycles. The number of aliphatic hydroxyl groups excluding tert-OH is 1. The van der Waals surface area contributed by atoms with Crippen LogP contribution < -0.4 is 4.74 Å². The highest BCUT2D eigenvalue weighted by Gasteiger charge is 2.34. The maximum Gasteiger partial charge on any atom is 0.200 e. The Morgan fingerprint density at radius 3 is 2.78 bits per heavy atom. The maximum atomic E-state index is 12.2. The Morgan fingerprint density at radius 2 is 2.06 bits per heavy atom. The van der Waals surface area contributed by atoms with Crippen molar-refractivity contribution in [3.63, 3.8) is 0 Å². The van der Waals surface area contributed by atoms with Crippen LogP contribution in [0.1, 0.15) is 33.2 Å². The molecule has 0 radical (unpaired) electrons. The Bertz CT molecular complexity index is 641. The third-order valence-electron chi connectivity index (χ3n) is 3.11. The van der Waals surface area contributed by atoms with E-state index in [1.54, 1.807) is 0 Å². The minimum atomic E-state index is -1.01. The van der Waals surface area contributed by atoms with Crippen LogP contribution in [0.5, 0.6) is 11.5 Å². The summed E-state index contributed by atoms with van der Waals surface area (Å²) >= 11 is 0. The summed E-state index contributed by atoms with van der Waals surface area (Å²) in [6.07, 6.45) is 1.60. The van der Waals surface area contributed by atoms with Crippen molar-refractivity contribution < 1.29 is 24.2 Å². The number of ether oxygens (including phenoxy) is 1. The molecule has 1 aromatic carbocycles. The maximum absolute atomic E-state index is 12.2. The smallest absolute Gasteiger partial charge is 0.200 e. The highest BCUT2D eigenvalue weighted by molar-refractivity contribution is 6.14. The highest BCUT2D eigenvalue weighted by atomic mass is 16.5. The molecule has 1 aliphatic carbocycles. The summed E-state index contributed by atoms with van der Waals surface area (Å²) in [6, 6.07) is 2.88. The predicted octanol–water partition coefficient (Wildman–Crippen LogP) is 1.62. The van der Waals surface area contributed by atoms with Gasteiger partial charge in [-0.15, -0.1) is 0 Å². The second-order valence-electron chi connectivity index (χ2n) is 4.08. The summed E-state index contributed by atoms with van der Waals surface area (Å²) in [7, 11) is 1.45. The zero-order valence-corrected chi connectivity index (χ0v) is 9.51. The van der Waals surface area contributed by atoms with Gasteiger partial charge in [0.05, 0.1) is 24.5 Å². The molecule has 1 heterocycles. The van der Waals surface area contributed by atoms with Crippen LogP contribution in [-0.4, -0.2) is 23.1 Å². The number of hydrogen-bond donors (Lipinski definition) is 2. The average Bonchev–Trinajstić information content (AvgIpc) is 2.84. The van der Waals surface area contributed by atoms with Crippen LogP contribution in [0, 0.1) is 0 Å². The largest absolute Gasteiger partial charge is 0.507 e. The van der Waals surface area contributed by atoms with Gasteiger partial charge in [-0.2, -0.15) is 0 Å². The van der Waals surface area contributed by atoms with Crippen molar-refractivity contribution >= 4 is 5.78 Å². The molecule has 0 aliphatic heterocycles. The molecule has 5 heteroatoms. The van der Waals surface area contributed by atoms with Crippen molar-refractivity contribution in [1.29, 1.82) is 0 Å². The Balaban J connectivity index is 2.29. The molecule has 5 nitrogen and oxygen atoms in total. The van der Waals surface area contributed by atoms with Gasteiger partial charge in [-0.1, -0.05) is 0 Å². The standard InChI is InChI=1S/C13H10O5/c1-17-6-2-7-11(10(14)3-6)13(16)9-5-18-4-8(9)12(7)15/h2-5,12,14-15H,1H3/t12-/m0/s1. The summed E-state index contributed by atoms with van der Waals surface area (Å²) in [6.45, 7) is 0. The summed E-state index contributed by atoms with van der Waals surface area (Å²) in [5, 5.41) is 20.1. The molecule has 1 atom stereocenters. The molecule has 0 saturated heterocycles. The normalized spacial score (nSPS) is 17.2. The summed E-state index contributed by atoms with van der Waals surface area (Å²) in [5.74, 6) is -0.190. The van der Waals surface area contributed by atoms with Crippen LogP contribution >= 0.6 is 0 Å². The number of ketones is 1. The van der Waals surface area contributed by atoms with E-state index in [0.717, 1.165) is 0 Å². The number of fused-ring (bicyclic) bond motifs is 2. The minimum Gasteiger partial charge on any atom is -0.507 e. The van der Waals surface area contributed by atoms with Crippen LogP contribution in [0.2, 0.25) is 0 Å². The number of benzene rings is 1. The van der Waals surface area contributed by atoms with Crippen LogP contribution in [0.25, 0.3) is 0 Å². The Hall–Kier alpha value is -2.27. The van der Waals surface area contributed by atoms with Crippen molar-refractivity contribution in [3.8, 4) is 11.5 Å². The lowest BCUT2D eigenvalue weighted by Crippen LogP contribution is -2.18. The molecule has 0 unspecified atom stereocenters. The zero-order valence-electron chi connectivity index (χ0n) is 9.51. The van der Waals surface area contributed by atoms with E-state index in [0.29, 0.717) is 16.9 Å². The third-order valence-corrected chi connectivity index (χ3v) is 3.11. The quantitative estimate of drug-likeness (QED) is 0.799. The van der Waals surface area contributed by atoms with E-state index in [2.05, 4.69) is 0 Å². The number of hydrogen-bond acceptors (Lipinski definition) is 5. The van der Waals surface area contributed by atoms with Crippen molar-refractivity contribution in [1.82, 2.24) is 0 Å². The first kappa shape index (κ1) is 10.9. The Labute approximate surface area is 102 Å². The average molecular weight is 246 g/mol. The SMILES string of the molecule is COc1cc(O)c2c(c1)[C@H](O)c1cocc1C2=O. The van der Waals surface area contributed by atoms with Gasteiger partial charge < -0.3 is 19.4 Å². The lowest BCUT2D eigenvalue weighted by Gasteiger charge is -2.21. The van der Waals surface area contributed by atoms with Crippen molar-refractivity contribution in [2.45, 2.75) is 6.10 Å². The van der Waals surface area contributed by atoms with Crippen molar-refractivity contribution in [2.75, 3.05) is 7.11 Å². The number of rotatable bonds is 1. The molecule has 0 amide bonds. The van der Waals surface area contributed by atoms with E-state index in [1.165, 1.54) is 31.8 Å². The van der Waals surface area contributed by atoms with Crippen molar-refractivity contribution in [3.05, 3.63) is 46.9 Å². The van der Waals surface area contributed by atoms with Crippen LogP contribution in [0.15, 0.2) is 29.1 Å². The fourth-order valence-corrected chi connectivity index (χ4v) is 2.21. The highest BCUT2D eigenvalue weighted by Crippen LogP contribution is 2.41. The first-order chi connectivity index (χ1) is 8.63. The molecular formula is C13H10O5. The van der Waals surface area contributed by atoms with Gasteiger partial charge in [0.15, 0.2) is 0 Å².